The zero-order chi connectivity index (χ0) is 8.81. The van der Waals surface area contributed by atoms with E-state index in [-0.39, 0.29) is 0 Å². The highest BCUT2D eigenvalue weighted by atomic mass is 79.9. The molecule has 0 aliphatic heterocycles. The zero-order valence-electron chi connectivity index (χ0n) is 6.80. The van der Waals surface area contributed by atoms with Crippen LogP contribution in [0.3, 0.4) is 0 Å². The molecule has 62 valence electrons. The van der Waals surface area contributed by atoms with Gasteiger partial charge in [0, 0.05) is 21.5 Å². The van der Waals surface area contributed by atoms with E-state index in [4.69, 9.17) is 4.74 Å². The van der Waals surface area contributed by atoms with Crippen LogP contribution in [-0.2, 0) is 0 Å². The molecule has 12 heavy (non-hydrogen) atoms. The molecule has 0 radical (unpaired) electrons. The Bertz CT molecular complexity index is 292. The molecule has 1 aromatic carbocycles. The van der Waals surface area contributed by atoms with Gasteiger partial charge in [-0.25, -0.2) is 0 Å². The van der Waals surface area contributed by atoms with Crippen molar-refractivity contribution >= 4 is 15.9 Å². The summed E-state index contributed by atoms with van der Waals surface area (Å²) in [6.07, 6.45) is 0. The second-order valence-electron chi connectivity index (χ2n) is 2.18. The summed E-state index contributed by atoms with van der Waals surface area (Å²) in [6, 6.07) is 7.69. The maximum Gasteiger partial charge on any atom is 0.119 e. The predicted octanol–water partition coefficient (Wildman–Crippen LogP) is 2.79. The summed E-state index contributed by atoms with van der Waals surface area (Å²) in [5.74, 6) is 3.77. The summed E-state index contributed by atoms with van der Waals surface area (Å²) in [6.45, 7) is 2.66. The Morgan fingerprint density at radius 1 is 1.33 bits per heavy atom. The first-order valence-corrected chi connectivity index (χ1v) is 4.50. The van der Waals surface area contributed by atoms with Crippen molar-refractivity contribution in [2.45, 2.75) is 6.92 Å². The van der Waals surface area contributed by atoms with Crippen LogP contribution in [0.1, 0.15) is 12.5 Å². The lowest BCUT2D eigenvalue weighted by Gasteiger charge is -2.00. The lowest BCUT2D eigenvalue weighted by atomic mass is 10.2. The van der Waals surface area contributed by atoms with Gasteiger partial charge in [-0.05, 0) is 36.0 Å². The van der Waals surface area contributed by atoms with E-state index in [0.29, 0.717) is 6.61 Å². The fourth-order valence-electron chi connectivity index (χ4n) is 0.856. The van der Waals surface area contributed by atoms with Crippen molar-refractivity contribution in [3.05, 3.63) is 29.8 Å². The molecule has 0 saturated carbocycles. The fourth-order valence-corrected chi connectivity index (χ4v) is 1.08. The molecule has 1 rings (SSSR count). The van der Waals surface area contributed by atoms with Crippen molar-refractivity contribution in [1.29, 1.82) is 0 Å². The van der Waals surface area contributed by atoms with Crippen LogP contribution < -0.4 is 4.74 Å². The van der Waals surface area contributed by atoms with Gasteiger partial charge in [0.25, 0.3) is 0 Å². The third kappa shape index (κ3) is 2.60. The SMILES string of the molecule is CCOc1ccc(C#CBr)cc1. The van der Waals surface area contributed by atoms with E-state index in [9.17, 15) is 0 Å². The molecule has 1 aromatic rings. The number of hydrogen-bond donors (Lipinski definition) is 0. The number of hydrogen-bond acceptors (Lipinski definition) is 1. The van der Waals surface area contributed by atoms with Gasteiger partial charge >= 0.3 is 0 Å². The van der Waals surface area contributed by atoms with Crippen LogP contribution in [0.25, 0.3) is 0 Å². The topological polar surface area (TPSA) is 9.23 Å². The van der Waals surface area contributed by atoms with Gasteiger partial charge in [-0.1, -0.05) is 5.92 Å². The van der Waals surface area contributed by atoms with Crippen molar-refractivity contribution in [1.82, 2.24) is 0 Å². The van der Waals surface area contributed by atoms with E-state index in [1.807, 2.05) is 31.2 Å². The summed E-state index contributed by atoms with van der Waals surface area (Å²) >= 11 is 3.04. The molecule has 0 amide bonds. The lowest BCUT2D eigenvalue weighted by molar-refractivity contribution is 0.340. The molecule has 2 heteroatoms. The Balaban J connectivity index is 2.76. The van der Waals surface area contributed by atoms with Gasteiger partial charge in [0.15, 0.2) is 0 Å². The van der Waals surface area contributed by atoms with Crippen molar-refractivity contribution in [2.75, 3.05) is 6.61 Å². The number of benzene rings is 1. The van der Waals surface area contributed by atoms with Crippen LogP contribution in [0.15, 0.2) is 24.3 Å². The van der Waals surface area contributed by atoms with Gasteiger partial charge in [0.1, 0.15) is 5.75 Å². The molecular weight excluding hydrogens is 216 g/mol. The molecule has 0 aliphatic carbocycles. The Kier molecular flexibility index (Phi) is 3.69. The van der Waals surface area contributed by atoms with Crippen molar-refractivity contribution in [2.24, 2.45) is 0 Å². The Labute approximate surface area is 80.9 Å². The second kappa shape index (κ2) is 4.84. The van der Waals surface area contributed by atoms with Gasteiger partial charge in [0.05, 0.1) is 6.61 Å². The molecule has 0 atom stereocenters. The number of halogens is 1. The summed E-state index contributed by atoms with van der Waals surface area (Å²) in [4.78, 5) is 2.66. The molecule has 0 aliphatic rings. The van der Waals surface area contributed by atoms with Crippen LogP contribution in [-0.4, -0.2) is 6.61 Å². The maximum absolute atomic E-state index is 5.28. The number of rotatable bonds is 2. The zero-order valence-corrected chi connectivity index (χ0v) is 8.39. The van der Waals surface area contributed by atoms with Gasteiger partial charge in [-0.3, -0.25) is 0 Å². The Morgan fingerprint density at radius 2 is 2.00 bits per heavy atom. The molecule has 0 unspecified atom stereocenters. The monoisotopic (exact) mass is 224 g/mol. The first-order valence-electron chi connectivity index (χ1n) is 3.71. The van der Waals surface area contributed by atoms with Crippen molar-refractivity contribution < 1.29 is 4.74 Å². The molecule has 0 N–H and O–H groups in total. The van der Waals surface area contributed by atoms with E-state index in [2.05, 4.69) is 26.7 Å². The summed E-state index contributed by atoms with van der Waals surface area (Å²) < 4.78 is 5.28. The fraction of sp³-hybridized carbons (Fsp3) is 0.200. The predicted molar refractivity (Wildman–Crippen MR) is 53.4 cm³/mol. The van der Waals surface area contributed by atoms with Gasteiger partial charge in [-0.2, -0.15) is 0 Å². The second-order valence-corrected chi connectivity index (χ2v) is 2.57. The minimum Gasteiger partial charge on any atom is -0.494 e. The first kappa shape index (κ1) is 9.15. The molecule has 0 fully saturated rings. The Hall–Kier alpha value is -0.940. The molecule has 0 aromatic heterocycles. The molecule has 0 bridgehead atoms. The van der Waals surface area contributed by atoms with E-state index < -0.39 is 0 Å². The standard InChI is InChI=1S/C10H9BrO/c1-2-12-10-5-3-9(4-6-10)7-8-11/h3-6H,2H2,1H3. The minimum atomic E-state index is 0.698. The van der Waals surface area contributed by atoms with E-state index in [0.717, 1.165) is 11.3 Å². The van der Waals surface area contributed by atoms with Crippen LogP contribution >= 0.6 is 15.9 Å². The summed E-state index contributed by atoms with van der Waals surface area (Å²) in [5.41, 5.74) is 0.982. The van der Waals surface area contributed by atoms with Crippen LogP contribution in [0, 0.1) is 10.8 Å². The van der Waals surface area contributed by atoms with Crippen LogP contribution in [0.2, 0.25) is 0 Å². The number of ether oxygens (including phenoxy) is 1. The molecule has 0 spiro atoms. The minimum absolute atomic E-state index is 0.698. The quantitative estimate of drug-likeness (QED) is 0.703. The third-order valence-corrected chi connectivity index (χ3v) is 1.56. The van der Waals surface area contributed by atoms with Gasteiger partial charge in [0.2, 0.25) is 0 Å². The average Bonchev–Trinajstić information content (AvgIpc) is 2.09. The molecule has 0 saturated heterocycles. The van der Waals surface area contributed by atoms with E-state index >= 15 is 0 Å². The normalized spacial score (nSPS) is 8.50. The van der Waals surface area contributed by atoms with E-state index in [1.165, 1.54) is 0 Å². The molecular formula is C10H9BrO. The summed E-state index contributed by atoms with van der Waals surface area (Å²) in [7, 11) is 0. The smallest absolute Gasteiger partial charge is 0.119 e. The van der Waals surface area contributed by atoms with Crippen LogP contribution in [0.4, 0.5) is 0 Å². The lowest BCUT2D eigenvalue weighted by Crippen LogP contribution is -1.90. The first-order chi connectivity index (χ1) is 5.86. The molecule has 1 nitrogen and oxygen atoms in total. The average molecular weight is 225 g/mol. The van der Waals surface area contributed by atoms with Gasteiger partial charge < -0.3 is 4.74 Å². The highest BCUT2D eigenvalue weighted by molar-refractivity contribution is 9.12. The summed E-state index contributed by atoms with van der Waals surface area (Å²) in [5, 5.41) is 0. The van der Waals surface area contributed by atoms with Crippen molar-refractivity contribution in [3.8, 4) is 16.5 Å². The van der Waals surface area contributed by atoms with Crippen molar-refractivity contribution in [3.63, 3.8) is 0 Å². The Morgan fingerprint density at radius 3 is 2.50 bits per heavy atom. The molecule has 0 heterocycles. The largest absolute Gasteiger partial charge is 0.494 e. The highest BCUT2D eigenvalue weighted by Crippen LogP contribution is 2.11. The van der Waals surface area contributed by atoms with Crippen LogP contribution in [0.5, 0.6) is 5.75 Å². The van der Waals surface area contributed by atoms with E-state index in [1.54, 1.807) is 0 Å². The third-order valence-electron chi connectivity index (χ3n) is 1.36. The highest BCUT2D eigenvalue weighted by Gasteiger charge is 1.90. The maximum atomic E-state index is 5.28. The van der Waals surface area contributed by atoms with Gasteiger partial charge in [-0.15, -0.1) is 0 Å².